The molecule has 0 bridgehead atoms. The van der Waals surface area contributed by atoms with Gasteiger partial charge in [-0.1, -0.05) is 75.8 Å². The molecule has 0 amide bonds. The van der Waals surface area contributed by atoms with Crippen LogP contribution in [0.15, 0.2) is 91.8 Å². The molecule has 3 aromatic carbocycles. The molecule has 0 unspecified atom stereocenters. The van der Waals surface area contributed by atoms with Gasteiger partial charge in [0.1, 0.15) is 9.24 Å². The highest BCUT2D eigenvalue weighted by Gasteiger charge is 2.15. The molecule has 0 saturated heterocycles. The van der Waals surface area contributed by atoms with Gasteiger partial charge in [-0.2, -0.15) is 0 Å². The number of hydrogen-bond donors (Lipinski definition) is 1. The van der Waals surface area contributed by atoms with Crippen LogP contribution >= 0.6 is 58.1 Å². The van der Waals surface area contributed by atoms with Crippen LogP contribution in [0.1, 0.15) is 5.56 Å². The topological polar surface area (TPSA) is 24.9 Å². The normalized spacial score (nSPS) is 10.9. The molecular weight excluding hydrogens is 459 g/mol. The van der Waals surface area contributed by atoms with Gasteiger partial charge in [0.25, 0.3) is 0 Å². The Bertz CT molecular complexity index is 1030. The third-order valence-corrected chi connectivity index (χ3v) is 7.83. The second-order valence-corrected chi connectivity index (χ2v) is 10.5. The van der Waals surface area contributed by atoms with Gasteiger partial charge in [0.15, 0.2) is 5.13 Å². The predicted molar refractivity (Wildman–Crippen MR) is 128 cm³/mol. The van der Waals surface area contributed by atoms with Crippen molar-refractivity contribution >= 4 is 68.9 Å². The van der Waals surface area contributed by atoms with E-state index in [1.54, 1.807) is 34.9 Å². The Balaban J connectivity index is 1.62. The predicted octanol–water partition coefficient (Wildman–Crippen LogP) is 8.80. The molecule has 0 aliphatic carbocycles. The molecule has 1 heterocycles. The van der Waals surface area contributed by atoms with Crippen LogP contribution in [0.25, 0.3) is 0 Å². The lowest BCUT2D eigenvalue weighted by Crippen LogP contribution is -1.89. The first-order valence-corrected chi connectivity index (χ1v) is 12.0. The van der Waals surface area contributed by atoms with E-state index in [0.29, 0.717) is 0 Å². The fraction of sp³-hybridized carbons (Fsp3) is 0.0455. The SMILES string of the molecule is Cc1ccc(Nc2nc(Sc3ccc(Cl)cc3)c(Sc3ccc(Cl)cc3)s2)cc1. The van der Waals surface area contributed by atoms with Crippen molar-refractivity contribution in [1.29, 1.82) is 0 Å². The number of benzene rings is 3. The van der Waals surface area contributed by atoms with E-state index in [-0.39, 0.29) is 0 Å². The number of aromatic nitrogens is 1. The van der Waals surface area contributed by atoms with E-state index in [2.05, 4.69) is 36.5 Å². The highest BCUT2D eigenvalue weighted by atomic mass is 35.5. The number of nitrogens with zero attached hydrogens (tertiary/aromatic N) is 1. The molecule has 0 aliphatic rings. The highest BCUT2D eigenvalue weighted by molar-refractivity contribution is 8.03. The zero-order valence-electron chi connectivity index (χ0n) is 15.4. The zero-order valence-corrected chi connectivity index (χ0v) is 19.3. The molecule has 0 radical (unpaired) electrons. The molecule has 7 heteroatoms. The number of hydrogen-bond acceptors (Lipinski definition) is 5. The Morgan fingerprint density at radius 2 is 1.31 bits per heavy atom. The van der Waals surface area contributed by atoms with Crippen LogP contribution in [-0.2, 0) is 0 Å². The maximum atomic E-state index is 6.03. The summed E-state index contributed by atoms with van der Waals surface area (Å²) in [7, 11) is 0. The van der Waals surface area contributed by atoms with Gasteiger partial charge in [-0.3, -0.25) is 0 Å². The number of halogens is 2. The molecule has 4 rings (SSSR count). The summed E-state index contributed by atoms with van der Waals surface area (Å²) in [6.45, 7) is 2.08. The second-order valence-electron chi connectivity index (χ2n) is 6.21. The minimum absolute atomic E-state index is 0.727. The second kappa shape index (κ2) is 9.45. The van der Waals surface area contributed by atoms with Crippen molar-refractivity contribution in [3.05, 3.63) is 88.4 Å². The smallest absolute Gasteiger partial charge is 0.189 e. The Hall–Kier alpha value is -1.63. The lowest BCUT2D eigenvalue weighted by Gasteiger charge is -2.03. The number of rotatable bonds is 6. The molecular formula is C22H16Cl2N2S3. The molecule has 2 nitrogen and oxygen atoms in total. The Kier molecular flexibility index (Phi) is 6.73. The molecule has 146 valence electrons. The van der Waals surface area contributed by atoms with Crippen molar-refractivity contribution in [3.63, 3.8) is 0 Å². The summed E-state index contributed by atoms with van der Waals surface area (Å²) in [5.41, 5.74) is 2.25. The van der Waals surface area contributed by atoms with Gasteiger partial charge in [0.05, 0.1) is 0 Å². The van der Waals surface area contributed by atoms with Crippen LogP contribution in [0.4, 0.5) is 10.8 Å². The molecule has 1 N–H and O–H groups in total. The maximum absolute atomic E-state index is 6.03. The van der Waals surface area contributed by atoms with Gasteiger partial charge in [-0.25, -0.2) is 4.98 Å². The summed E-state index contributed by atoms with van der Waals surface area (Å²) < 4.78 is 1.13. The summed E-state index contributed by atoms with van der Waals surface area (Å²) in [6, 6.07) is 24.0. The minimum Gasteiger partial charge on any atom is -0.331 e. The van der Waals surface area contributed by atoms with Crippen LogP contribution in [0.5, 0.6) is 0 Å². The summed E-state index contributed by atoms with van der Waals surface area (Å²) in [5, 5.41) is 6.71. The average Bonchev–Trinajstić information content (AvgIpc) is 3.08. The molecule has 0 fully saturated rings. The first kappa shape index (κ1) is 20.6. The lowest BCUT2D eigenvalue weighted by molar-refractivity contribution is 1.13. The summed E-state index contributed by atoms with van der Waals surface area (Å²) in [4.78, 5) is 7.07. The van der Waals surface area contributed by atoms with Gasteiger partial charge in [-0.15, -0.1) is 0 Å². The van der Waals surface area contributed by atoms with E-state index in [1.807, 2.05) is 48.5 Å². The first-order chi connectivity index (χ1) is 14.0. The molecule has 4 aromatic rings. The summed E-state index contributed by atoms with van der Waals surface area (Å²) in [5.74, 6) is 0. The maximum Gasteiger partial charge on any atom is 0.189 e. The largest absolute Gasteiger partial charge is 0.331 e. The monoisotopic (exact) mass is 474 g/mol. The highest BCUT2D eigenvalue weighted by Crippen LogP contribution is 2.44. The Morgan fingerprint density at radius 3 is 1.90 bits per heavy atom. The van der Waals surface area contributed by atoms with Gasteiger partial charge >= 0.3 is 0 Å². The van der Waals surface area contributed by atoms with Crippen LogP contribution in [0.3, 0.4) is 0 Å². The third-order valence-electron chi connectivity index (χ3n) is 3.92. The van der Waals surface area contributed by atoms with Gasteiger partial charge in [-0.05, 0) is 67.6 Å². The number of thiazole rings is 1. The Labute approximate surface area is 192 Å². The van der Waals surface area contributed by atoms with Gasteiger partial charge < -0.3 is 5.32 Å². The Morgan fingerprint density at radius 1 is 0.759 bits per heavy atom. The number of nitrogens with one attached hydrogen (secondary N) is 1. The van der Waals surface area contributed by atoms with Crippen molar-refractivity contribution in [2.45, 2.75) is 25.9 Å². The van der Waals surface area contributed by atoms with Crippen LogP contribution in [0.2, 0.25) is 10.0 Å². The van der Waals surface area contributed by atoms with Crippen LogP contribution in [0, 0.1) is 6.92 Å². The molecule has 0 atom stereocenters. The van der Waals surface area contributed by atoms with Crippen molar-refractivity contribution in [2.75, 3.05) is 5.32 Å². The van der Waals surface area contributed by atoms with E-state index in [1.165, 1.54) is 5.56 Å². The van der Waals surface area contributed by atoms with E-state index in [4.69, 9.17) is 28.2 Å². The van der Waals surface area contributed by atoms with Crippen molar-refractivity contribution in [3.8, 4) is 0 Å². The van der Waals surface area contributed by atoms with E-state index < -0.39 is 0 Å². The zero-order chi connectivity index (χ0) is 20.2. The molecule has 0 aliphatic heterocycles. The molecule has 1 aromatic heterocycles. The van der Waals surface area contributed by atoms with Crippen molar-refractivity contribution in [2.24, 2.45) is 0 Å². The molecule has 0 spiro atoms. The fourth-order valence-corrected chi connectivity index (χ4v) is 5.91. The van der Waals surface area contributed by atoms with E-state index in [0.717, 1.165) is 39.9 Å². The van der Waals surface area contributed by atoms with Gasteiger partial charge in [0.2, 0.25) is 0 Å². The van der Waals surface area contributed by atoms with Crippen LogP contribution in [-0.4, -0.2) is 4.98 Å². The summed E-state index contributed by atoms with van der Waals surface area (Å²) >= 11 is 17.0. The quantitative estimate of drug-likeness (QED) is 0.301. The van der Waals surface area contributed by atoms with E-state index in [9.17, 15) is 0 Å². The lowest BCUT2D eigenvalue weighted by atomic mass is 10.2. The molecule has 0 saturated carbocycles. The van der Waals surface area contributed by atoms with Gasteiger partial charge in [0, 0.05) is 25.5 Å². The number of anilines is 2. The minimum atomic E-state index is 0.727. The van der Waals surface area contributed by atoms with Crippen molar-refractivity contribution in [1.82, 2.24) is 4.98 Å². The van der Waals surface area contributed by atoms with Crippen LogP contribution < -0.4 is 5.32 Å². The van der Waals surface area contributed by atoms with E-state index >= 15 is 0 Å². The van der Waals surface area contributed by atoms with Crippen molar-refractivity contribution < 1.29 is 0 Å². The first-order valence-electron chi connectivity index (χ1n) is 8.76. The molecule has 29 heavy (non-hydrogen) atoms. The average molecular weight is 475 g/mol. The third kappa shape index (κ3) is 5.71. The standard InChI is InChI=1S/C22H16Cl2N2S3/c1-14-2-8-17(9-3-14)25-22-26-20(27-18-10-4-15(23)5-11-18)21(29-22)28-19-12-6-16(24)7-13-19/h2-13H,1H3,(H,25,26). The fourth-order valence-electron chi connectivity index (χ4n) is 2.46. The summed E-state index contributed by atoms with van der Waals surface area (Å²) in [6.07, 6.45) is 0. The number of aryl methyl sites for hydroxylation is 1.